The highest BCUT2D eigenvalue weighted by atomic mass is 32.2. The molecule has 0 aliphatic carbocycles. The van der Waals surface area contributed by atoms with Gasteiger partial charge < -0.3 is 10.2 Å². The monoisotopic (exact) mass is 294 g/mol. The summed E-state index contributed by atoms with van der Waals surface area (Å²) in [5.41, 5.74) is 7.40. The molecule has 0 bridgehead atoms. The molecule has 5 nitrogen and oxygen atoms in total. The first-order valence-electron chi connectivity index (χ1n) is 6.27. The molecule has 1 aromatic carbocycles. The van der Waals surface area contributed by atoms with Crippen molar-refractivity contribution in [2.45, 2.75) is 31.8 Å². The second-order valence-electron chi connectivity index (χ2n) is 4.63. The minimum Gasteiger partial charge on any atom is -0.465 e. The van der Waals surface area contributed by atoms with Crippen molar-refractivity contribution in [3.8, 4) is 0 Å². The van der Waals surface area contributed by atoms with Crippen LogP contribution in [0, 0.1) is 13.8 Å². The van der Waals surface area contributed by atoms with Gasteiger partial charge in [-0.15, -0.1) is 0 Å². The Morgan fingerprint density at radius 1 is 1.20 bits per heavy atom. The second kappa shape index (κ2) is 5.78. The largest absolute Gasteiger partial charge is 0.465 e. The van der Waals surface area contributed by atoms with Crippen LogP contribution in [0.2, 0.25) is 0 Å². The van der Waals surface area contributed by atoms with Crippen molar-refractivity contribution in [1.29, 1.82) is 0 Å². The van der Waals surface area contributed by atoms with Crippen LogP contribution in [0.3, 0.4) is 0 Å². The van der Waals surface area contributed by atoms with Gasteiger partial charge in [0.1, 0.15) is 11.5 Å². The van der Waals surface area contributed by atoms with E-state index in [9.17, 15) is 8.42 Å². The van der Waals surface area contributed by atoms with Crippen LogP contribution in [0.5, 0.6) is 0 Å². The topological polar surface area (TPSA) is 85.3 Å². The molecule has 2 rings (SSSR count). The van der Waals surface area contributed by atoms with Crippen molar-refractivity contribution >= 4 is 10.0 Å². The standard InChI is InChI=1S/C14H18N2O3S/c1-10-3-6-14(7-12(10)8-15)20(17,18)16-9-13-5-4-11(2)19-13/h3-7,16H,8-9,15H2,1-2H3. The highest BCUT2D eigenvalue weighted by Gasteiger charge is 2.15. The Kier molecular flexibility index (Phi) is 4.27. The Hall–Kier alpha value is -1.63. The number of hydrogen-bond donors (Lipinski definition) is 2. The molecule has 0 amide bonds. The number of aryl methyl sites for hydroxylation is 2. The van der Waals surface area contributed by atoms with Crippen molar-refractivity contribution in [3.63, 3.8) is 0 Å². The maximum absolute atomic E-state index is 12.2. The van der Waals surface area contributed by atoms with Gasteiger partial charge in [-0.25, -0.2) is 13.1 Å². The van der Waals surface area contributed by atoms with Crippen LogP contribution in [0.25, 0.3) is 0 Å². The fraction of sp³-hybridized carbons (Fsp3) is 0.286. The molecule has 6 heteroatoms. The zero-order valence-electron chi connectivity index (χ0n) is 11.5. The number of hydrogen-bond acceptors (Lipinski definition) is 4. The summed E-state index contributed by atoms with van der Waals surface area (Å²) in [6.07, 6.45) is 0. The molecule has 0 saturated carbocycles. The van der Waals surface area contributed by atoms with Crippen LogP contribution in [0.4, 0.5) is 0 Å². The lowest BCUT2D eigenvalue weighted by Crippen LogP contribution is -2.23. The molecular formula is C14H18N2O3S. The van der Waals surface area contributed by atoms with E-state index in [0.29, 0.717) is 12.3 Å². The molecule has 3 N–H and O–H groups in total. The van der Waals surface area contributed by atoms with E-state index in [-0.39, 0.29) is 11.4 Å². The van der Waals surface area contributed by atoms with E-state index in [4.69, 9.17) is 10.2 Å². The first-order chi connectivity index (χ1) is 9.42. The van der Waals surface area contributed by atoms with Crippen LogP contribution in [0.15, 0.2) is 39.6 Å². The number of nitrogens with two attached hydrogens (primary N) is 1. The molecule has 0 spiro atoms. The molecule has 0 atom stereocenters. The van der Waals surface area contributed by atoms with E-state index in [1.165, 1.54) is 0 Å². The summed E-state index contributed by atoms with van der Waals surface area (Å²) in [5, 5.41) is 0. The Morgan fingerprint density at radius 3 is 2.55 bits per heavy atom. The molecule has 108 valence electrons. The molecule has 20 heavy (non-hydrogen) atoms. The van der Waals surface area contributed by atoms with E-state index in [1.807, 2.05) is 13.8 Å². The van der Waals surface area contributed by atoms with E-state index < -0.39 is 10.0 Å². The average Bonchev–Trinajstić information content (AvgIpc) is 2.83. The van der Waals surface area contributed by atoms with Crippen molar-refractivity contribution in [1.82, 2.24) is 4.72 Å². The third kappa shape index (κ3) is 3.27. The lowest BCUT2D eigenvalue weighted by atomic mass is 10.1. The summed E-state index contributed by atoms with van der Waals surface area (Å²) in [5.74, 6) is 1.33. The van der Waals surface area contributed by atoms with E-state index in [2.05, 4.69) is 4.72 Å². The molecule has 0 aliphatic heterocycles. The predicted molar refractivity (Wildman–Crippen MR) is 76.5 cm³/mol. The van der Waals surface area contributed by atoms with Gasteiger partial charge in [0.2, 0.25) is 10.0 Å². The van der Waals surface area contributed by atoms with Crippen molar-refractivity contribution < 1.29 is 12.8 Å². The Bertz CT molecular complexity index is 705. The highest BCUT2D eigenvalue weighted by Crippen LogP contribution is 2.16. The minimum absolute atomic E-state index is 0.127. The van der Waals surface area contributed by atoms with Crippen LogP contribution >= 0.6 is 0 Å². The number of sulfonamides is 1. The lowest BCUT2D eigenvalue weighted by Gasteiger charge is -2.09. The van der Waals surface area contributed by atoms with Gasteiger partial charge in [-0.1, -0.05) is 6.07 Å². The van der Waals surface area contributed by atoms with Gasteiger partial charge in [-0.05, 0) is 49.2 Å². The van der Waals surface area contributed by atoms with Gasteiger partial charge in [-0.3, -0.25) is 0 Å². The number of rotatable bonds is 5. The zero-order valence-corrected chi connectivity index (χ0v) is 12.3. The van der Waals surface area contributed by atoms with Gasteiger partial charge in [0.15, 0.2) is 0 Å². The quantitative estimate of drug-likeness (QED) is 0.881. The molecule has 0 radical (unpaired) electrons. The Labute approximate surface area is 118 Å². The summed E-state index contributed by atoms with van der Waals surface area (Å²) in [4.78, 5) is 0.215. The fourth-order valence-electron chi connectivity index (χ4n) is 1.86. The first kappa shape index (κ1) is 14.8. The van der Waals surface area contributed by atoms with Gasteiger partial charge in [-0.2, -0.15) is 0 Å². The minimum atomic E-state index is -3.56. The fourth-order valence-corrected chi connectivity index (χ4v) is 2.91. The molecule has 1 heterocycles. The summed E-state index contributed by atoms with van der Waals surface area (Å²) >= 11 is 0. The first-order valence-corrected chi connectivity index (χ1v) is 7.75. The molecule has 0 aliphatic rings. The SMILES string of the molecule is Cc1ccc(CNS(=O)(=O)c2ccc(C)c(CN)c2)o1. The summed E-state index contributed by atoms with van der Waals surface area (Å²) in [7, 11) is -3.56. The third-order valence-electron chi connectivity index (χ3n) is 3.08. The van der Waals surface area contributed by atoms with Crippen molar-refractivity contribution in [2.75, 3.05) is 0 Å². The van der Waals surface area contributed by atoms with E-state index >= 15 is 0 Å². The Balaban J connectivity index is 2.17. The van der Waals surface area contributed by atoms with Crippen molar-refractivity contribution in [3.05, 3.63) is 53.0 Å². The number of nitrogens with one attached hydrogen (secondary N) is 1. The second-order valence-corrected chi connectivity index (χ2v) is 6.40. The smallest absolute Gasteiger partial charge is 0.240 e. The van der Waals surface area contributed by atoms with Gasteiger partial charge in [0, 0.05) is 6.54 Å². The van der Waals surface area contributed by atoms with Crippen LogP contribution in [-0.2, 0) is 23.1 Å². The maximum atomic E-state index is 12.2. The lowest BCUT2D eigenvalue weighted by molar-refractivity contribution is 0.475. The molecule has 2 aromatic rings. The van der Waals surface area contributed by atoms with Gasteiger partial charge in [0.05, 0.1) is 11.4 Å². The molecular weight excluding hydrogens is 276 g/mol. The summed E-state index contributed by atoms with van der Waals surface area (Å²) < 4.78 is 32.2. The number of benzene rings is 1. The average molecular weight is 294 g/mol. The molecule has 0 fully saturated rings. The zero-order chi connectivity index (χ0) is 14.8. The predicted octanol–water partition coefficient (Wildman–Crippen LogP) is 1.83. The van der Waals surface area contributed by atoms with E-state index in [0.717, 1.165) is 16.9 Å². The van der Waals surface area contributed by atoms with Crippen molar-refractivity contribution in [2.24, 2.45) is 5.73 Å². The Morgan fingerprint density at radius 2 is 1.95 bits per heavy atom. The van der Waals surface area contributed by atoms with Gasteiger partial charge in [0.25, 0.3) is 0 Å². The molecule has 0 unspecified atom stereocenters. The molecule has 0 saturated heterocycles. The summed E-state index contributed by atoms with van der Waals surface area (Å²) in [6.45, 7) is 4.15. The van der Waals surface area contributed by atoms with E-state index in [1.54, 1.807) is 30.3 Å². The maximum Gasteiger partial charge on any atom is 0.240 e. The van der Waals surface area contributed by atoms with Gasteiger partial charge >= 0.3 is 0 Å². The van der Waals surface area contributed by atoms with Crippen LogP contribution < -0.4 is 10.5 Å². The number of furan rings is 1. The third-order valence-corrected chi connectivity index (χ3v) is 4.48. The summed E-state index contributed by atoms with van der Waals surface area (Å²) in [6, 6.07) is 8.48. The van der Waals surface area contributed by atoms with Crippen LogP contribution in [-0.4, -0.2) is 8.42 Å². The normalized spacial score (nSPS) is 11.8. The molecule has 1 aromatic heterocycles. The highest BCUT2D eigenvalue weighted by molar-refractivity contribution is 7.89. The van der Waals surface area contributed by atoms with Crippen LogP contribution in [0.1, 0.15) is 22.6 Å².